The summed E-state index contributed by atoms with van der Waals surface area (Å²) >= 11 is 0. The van der Waals surface area contributed by atoms with Gasteiger partial charge in [-0.1, -0.05) is 0 Å². The molecule has 0 radical (unpaired) electrons. The Hall–Kier alpha value is -1.59. The number of aromatic nitrogens is 2. The molecule has 20 heavy (non-hydrogen) atoms. The van der Waals surface area contributed by atoms with Gasteiger partial charge >= 0.3 is 0 Å². The van der Waals surface area contributed by atoms with Crippen LogP contribution < -0.4 is 5.32 Å². The van der Waals surface area contributed by atoms with Crippen LogP contribution in [0.4, 0.5) is 0 Å². The van der Waals surface area contributed by atoms with Gasteiger partial charge in [-0.2, -0.15) is 5.10 Å². The molecule has 0 saturated carbocycles. The monoisotopic (exact) mass is 275 g/mol. The van der Waals surface area contributed by atoms with Gasteiger partial charge in [0.05, 0.1) is 18.0 Å². The lowest BCUT2D eigenvalue weighted by Gasteiger charge is -2.27. The van der Waals surface area contributed by atoms with Gasteiger partial charge in [-0.15, -0.1) is 0 Å². The number of hydrogen-bond donors (Lipinski definition) is 2. The first-order valence-electron chi connectivity index (χ1n) is 7.20. The van der Waals surface area contributed by atoms with Crippen molar-refractivity contribution >= 4 is 0 Å². The average molecular weight is 275 g/mol. The number of fused-ring (bicyclic) bond motifs is 1. The van der Waals surface area contributed by atoms with Gasteiger partial charge in [-0.3, -0.25) is 4.68 Å². The molecule has 5 nitrogen and oxygen atoms in total. The van der Waals surface area contributed by atoms with E-state index in [4.69, 9.17) is 4.42 Å². The van der Waals surface area contributed by atoms with Crippen molar-refractivity contribution in [2.24, 2.45) is 7.05 Å². The molecule has 1 aliphatic carbocycles. The standard InChI is InChI=1S/C15H21N3O2/c1-18-10-11-12(4-2-5-13(11)17-18)16-14(7-8-19)15-6-3-9-20-15/h3,6,9-10,12,14,16,19H,2,4-5,7-8H2,1H3. The third-order valence-electron chi connectivity index (χ3n) is 3.93. The molecule has 0 amide bonds. The maximum absolute atomic E-state index is 9.27. The van der Waals surface area contributed by atoms with Crippen LogP contribution in [0.1, 0.15) is 48.4 Å². The highest BCUT2D eigenvalue weighted by atomic mass is 16.3. The second-order valence-corrected chi connectivity index (χ2v) is 5.40. The molecule has 0 fully saturated rings. The molecule has 2 unspecified atom stereocenters. The van der Waals surface area contributed by atoms with Crippen LogP contribution in [0, 0.1) is 0 Å². The van der Waals surface area contributed by atoms with Crippen LogP contribution in [0.25, 0.3) is 0 Å². The van der Waals surface area contributed by atoms with Crippen LogP contribution in [0.5, 0.6) is 0 Å². The van der Waals surface area contributed by atoms with E-state index < -0.39 is 0 Å². The molecule has 2 aromatic rings. The molecule has 0 bridgehead atoms. The Morgan fingerprint density at radius 2 is 2.50 bits per heavy atom. The molecule has 108 valence electrons. The van der Waals surface area contributed by atoms with E-state index in [1.165, 1.54) is 11.3 Å². The molecule has 0 spiro atoms. The normalized spacial score (nSPS) is 19.8. The zero-order valence-electron chi connectivity index (χ0n) is 11.7. The van der Waals surface area contributed by atoms with Crippen molar-refractivity contribution in [3.63, 3.8) is 0 Å². The molecule has 2 aromatic heterocycles. The van der Waals surface area contributed by atoms with Gasteiger partial charge in [0.2, 0.25) is 0 Å². The van der Waals surface area contributed by atoms with E-state index in [1.807, 2.05) is 23.9 Å². The number of furan rings is 1. The Morgan fingerprint density at radius 3 is 3.25 bits per heavy atom. The number of nitrogens with one attached hydrogen (secondary N) is 1. The number of hydrogen-bond acceptors (Lipinski definition) is 4. The Bertz CT molecular complexity index is 547. The van der Waals surface area contributed by atoms with Gasteiger partial charge in [-0.25, -0.2) is 0 Å². The summed E-state index contributed by atoms with van der Waals surface area (Å²) in [5.74, 6) is 0.884. The van der Waals surface area contributed by atoms with Crippen LogP contribution in [0.2, 0.25) is 0 Å². The van der Waals surface area contributed by atoms with Crippen molar-refractivity contribution < 1.29 is 9.52 Å². The minimum absolute atomic E-state index is 0.0474. The SMILES string of the molecule is Cn1cc2c(n1)CCCC2NC(CCO)c1ccco1. The largest absolute Gasteiger partial charge is 0.468 e. The zero-order chi connectivity index (χ0) is 13.9. The second kappa shape index (κ2) is 5.81. The summed E-state index contributed by atoms with van der Waals surface area (Å²) in [5, 5.41) is 17.4. The molecule has 0 saturated heterocycles. The van der Waals surface area contributed by atoms with E-state index in [2.05, 4.69) is 16.6 Å². The molecular formula is C15H21N3O2. The molecule has 0 aliphatic heterocycles. The fourth-order valence-electron chi connectivity index (χ4n) is 3.01. The first-order chi connectivity index (χ1) is 9.78. The topological polar surface area (TPSA) is 63.2 Å². The van der Waals surface area contributed by atoms with Crippen molar-refractivity contribution in [2.45, 2.75) is 37.8 Å². The van der Waals surface area contributed by atoms with Crippen LogP contribution in [0.3, 0.4) is 0 Å². The quantitative estimate of drug-likeness (QED) is 0.877. The Labute approximate surface area is 118 Å². The maximum Gasteiger partial charge on any atom is 0.120 e. The lowest BCUT2D eigenvalue weighted by molar-refractivity contribution is 0.242. The molecule has 5 heteroatoms. The molecule has 1 aliphatic rings. The minimum Gasteiger partial charge on any atom is -0.468 e. The van der Waals surface area contributed by atoms with Crippen molar-refractivity contribution in [2.75, 3.05) is 6.61 Å². The van der Waals surface area contributed by atoms with Crippen LogP contribution >= 0.6 is 0 Å². The van der Waals surface area contributed by atoms with Crippen LogP contribution in [-0.2, 0) is 13.5 Å². The third kappa shape index (κ3) is 2.64. The summed E-state index contributed by atoms with van der Waals surface area (Å²) in [6, 6.07) is 4.18. The summed E-state index contributed by atoms with van der Waals surface area (Å²) in [5.41, 5.74) is 2.48. The second-order valence-electron chi connectivity index (χ2n) is 5.40. The predicted octanol–water partition coefficient (Wildman–Crippen LogP) is 2.10. The van der Waals surface area contributed by atoms with E-state index in [1.54, 1.807) is 6.26 Å². The molecular weight excluding hydrogens is 254 g/mol. The maximum atomic E-state index is 9.27. The Morgan fingerprint density at radius 1 is 1.60 bits per heavy atom. The van der Waals surface area contributed by atoms with Gasteiger partial charge in [0.25, 0.3) is 0 Å². The van der Waals surface area contributed by atoms with E-state index in [9.17, 15) is 5.11 Å². The fraction of sp³-hybridized carbons (Fsp3) is 0.533. The van der Waals surface area contributed by atoms with Gasteiger partial charge in [0.15, 0.2) is 0 Å². The molecule has 3 rings (SSSR count). The van der Waals surface area contributed by atoms with Crippen LogP contribution in [0.15, 0.2) is 29.0 Å². The van der Waals surface area contributed by atoms with Crippen LogP contribution in [-0.4, -0.2) is 21.5 Å². The lowest BCUT2D eigenvalue weighted by atomic mass is 9.92. The minimum atomic E-state index is 0.0474. The van der Waals surface area contributed by atoms with E-state index >= 15 is 0 Å². The highest BCUT2D eigenvalue weighted by Crippen LogP contribution is 2.31. The lowest BCUT2D eigenvalue weighted by Crippen LogP contribution is -2.29. The Balaban J connectivity index is 1.79. The number of rotatable bonds is 5. The van der Waals surface area contributed by atoms with E-state index in [0.717, 1.165) is 25.0 Å². The summed E-state index contributed by atoms with van der Waals surface area (Å²) in [4.78, 5) is 0. The summed E-state index contributed by atoms with van der Waals surface area (Å²) in [6.07, 6.45) is 7.73. The molecule has 2 heterocycles. The zero-order valence-corrected chi connectivity index (χ0v) is 11.7. The van der Waals surface area contributed by atoms with Gasteiger partial charge < -0.3 is 14.8 Å². The first-order valence-corrected chi connectivity index (χ1v) is 7.20. The van der Waals surface area contributed by atoms with Gasteiger partial charge in [0.1, 0.15) is 5.76 Å². The fourth-order valence-corrected chi connectivity index (χ4v) is 3.01. The molecule has 2 atom stereocenters. The summed E-state index contributed by atoms with van der Waals surface area (Å²) < 4.78 is 7.38. The van der Waals surface area contributed by atoms with Crippen molar-refractivity contribution in [1.29, 1.82) is 0 Å². The molecule has 2 N–H and O–H groups in total. The third-order valence-corrected chi connectivity index (χ3v) is 3.93. The van der Waals surface area contributed by atoms with E-state index in [0.29, 0.717) is 6.42 Å². The molecule has 0 aromatic carbocycles. The van der Waals surface area contributed by atoms with Gasteiger partial charge in [0, 0.05) is 31.5 Å². The van der Waals surface area contributed by atoms with Crippen molar-refractivity contribution in [1.82, 2.24) is 15.1 Å². The number of aliphatic hydroxyl groups excluding tert-OH is 1. The predicted molar refractivity (Wildman–Crippen MR) is 75.2 cm³/mol. The smallest absolute Gasteiger partial charge is 0.120 e. The number of nitrogens with zero attached hydrogens (tertiary/aromatic N) is 2. The Kier molecular flexibility index (Phi) is 3.89. The number of aliphatic hydroxyl groups is 1. The van der Waals surface area contributed by atoms with Crippen molar-refractivity contribution in [3.05, 3.63) is 41.6 Å². The van der Waals surface area contributed by atoms with E-state index in [-0.39, 0.29) is 18.7 Å². The highest BCUT2D eigenvalue weighted by molar-refractivity contribution is 5.24. The summed E-state index contributed by atoms with van der Waals surface area (Å²) in [6.45, 7) is 0.144. The highest BCUT2D eigenvalue weighted by Gasteiger charge is 2.26. The number of aryl methyl sites for hydroxylation is 2. The summed E-state index contributed by atoms with van der Waals surface area (Å²) in [7, 11) is 1.97. The first kappa shape index (κ1) is 13.4. The van der Waals surface area contributed by atoms with Crippen molar-refractivity contribution in [3.8, 4) is 0 Å². The average Bonchev–Trinajstić information content (AvgIpc) is 3.06. The van der Waals surface area contributed by atoms with Gasteiger partial charge in [-0.05, 0) is 37.8 Å².